The van der Waals surface area contributed by atoms with E-state index in [4.69, 9.17) is 0 Å². The molecule has 5 aromatic carbocycles. The van der Waals surface area contributed by atoms with Gasteiger partial charge in [0.2, 0.25) is 5.91 Å². The van der Waals surface area contributed by atoms with Gasteiger partial charge in [0.05, 0.1) is 6.54 Å². The average Bonchev–Trinajstić information content (AvgIpc) is 3.71. The molecule has 2 aliphatic rings. The summed E-state index contributed by atoms with van der Waals surface area (Å²) in [6.45, 7) is 4.44. The third kappa shape index (κ3) is 6.48. The maximum atomic E-state index is 12.9. The van der Waals surface area contributed by atoms with Crippen molar-refractivity contribution in [1.29, 1.82) is 0 Å². The fourth-order valence-electron chi connectivity index (χ4n) is 6.30. The van der Waals surface area contributed by atoms with Crippen LogP contribution in [0.4, 0.5) is 10.1 Å². The van der Waals surface area contributed by atoms with Gasteiger partial charge in [0.1, 0.15) is 5.82 Å². The van der Waals surface area contributed by atoms with Crippen molar-refractivity contribution in [1.82, 2.24) is 10.2 Å². The Kier molecular flexibility index (Phi) is 8.36. The van der Waals surface area contributed by atoms with Crippen LogP contribution >= 0.6 is 0 Å². The van der Waals surface area contributed by atoms with E-state index in [1.54, 1.807) is 12.1 Å². The number of anilines is 1. The number of fused-ring (bicyclic) bond motifs is 2. The van der Waals surface area contributed by atoms with Gasteiger partial charge < -0.3 is 10.6 Å². The predicted octanol–water partition coefficient (Wildman–Crippen LogP) is 7.32. The number of nitrogens with zero attached hydrogens (tertiary/aromatic N) is 1. The molecule has 5 heteroatoms. The molecule has 0 bridgehead atoms. The number of likely N-dealkylation sites (tertiary alicyclic amines) is 1. The summed E-state index contributed by atoms with van der Waals surface area (Å²) in [6.07, 6.45) is 2.33. The summed E-state index contributed by atoms with van der Waals surface area (Å²) in [5.74, 6) is 0.784. The number of benzene rings is 5. The molecule has 0 aromatic heterocycles. The molecule has 41 heavy (non-hydrogen) atoms. The summed E-state index contributed by atoms with van der Waals surface area (Å²) in [5.41, 5.74) is 3.50. The van der Waals surface area contributed by atoms with Crippen LogP contribution in [0.25, 0.3) is 21.5 Å². The van der Waals surface area contributed by atoms with Crippen molar-refractivity contribution in [3.8, 4) is 0 Å². The Morgan fingerprint density at radius 2 is 1.37 bits per heavy atom. The number of amides is 1. The van der Waals surface area contributed by atoms with Gasteiger partial charge in [-0.05, 0) is 94.7 Å². The number of hydrogen-bond donors (Lipinski definition) is 2. The normalized spacial score (nSPS) is 18.8. The van der Waals surface area contributed by atoms with Crippen LogP contribution in [0.5, 0.6) is 0 Å². The van der Waals surface area contributed by atoms with Crippen LogP contribution in [0.3, 0.4) is 0 Å². The zero-order valence-corrected chi connectivity index (χ0v) is 23.2. The molecule has 2 atom stereocenters. The number of carbonyl (C=O) groups excluding carboxylic acids is 1. The largest absolute Gasteiger partial charge is 0.325 e. The first-order valence-corrected chi connectivity index (χ1v) is 14.6. The van der Waals surface area contributed by atoms with Crippen molar-refractivity contribution in [2.24, 2.45) is 0 Å². The molecule has 2 heterocycles. The zero-order chi connectivity index (χ0) is 28.0. The minimum absolute atomic E-state index is 0.0600. The molecule has 2 saturated heterocycles. The lowest BCUT2D eigenvalue weighted by atomic mass is 9.93. The summed E-state index contributed by atoms with van der Waals surface area (Å²) in [4.78, 5) is 14.4. The smallest absolute Gasteiger partial charge is 0.238 e. The second-order valence-electron chi connectivity index (χ2n) is 11.1. The first kappa shape index (κ1) is 27.1. The van der Waals surface area contributed by atoms with E-state index < -0.39 is 0 Å². The highest BCUT2D eigenvalue weighted by atomic mass is 19.1. The van der Waals surface area contributed by atoms with E-state index in [1.165, 1.54) is 51.2 Å². The fourth-order valence-corrected chi connectivity index (χ4v) is 6.30. The Morgan fingerprint density at radius 3 is 2.00 bits per heavy atom. The minimum atomic E-state index is -0.305. The quantitative estimate of drug-likeness (QED) is 0.243. The maximum absolute atomic E-state index is 12.9. The Hall–Kier alpha value is -4.06. The van der Waals surface area contributed by atoms with E-state index >= 15 is 0 Å². The van der Waals surface area contributed by atoms with Crippen molar-refractivity contribution < 1.29 is 9.18 Å². The molecule has 2 unspecified atom stereocenters. The van der Waals surface area contributed by atoms with Gasteiger partial charge >= 0.3 is 0 Å². The van der Waals surface area contributed by atoms with Crippen LogP contribution in [0.2, 0.25) is 0 Å². The topological polar surface area (TPSA) is 44.4 Å². The lowest BCUT2D eigenvalue weighted by Gasteiger charge is -2.17. The number of halogens is 1. The van der Waals surface area contributed by atoms with Crippen LogP contribution < -0.4 is 10.6 Å². The van der Waals surface area contributed by atoms with Crippen molar-refractivity contribution >= 4 is 33.1 Å². The molecular formula is C36H36FN3O. The summed E-state index contributed by atoms with van der Waals surface area (Å²) in [7, 11) is 0. The number of carbonyl (C=O) groups is 1. The van der Waals surface area contributed by atoms with Crippen molar-refractivity contribution in [2.75, 3.05) is 38.0 Å². The van der Waals surface area contributed by atoms with Crippen LogP contribution in [0.1, 0.15) is 35.8 Å². The molecule has 0 radical (unpaired) electrons. The molecule has 4 nitrogen and oxygen atoms in total. The molecule has 2 N–H and O–H groups in total. The van der Waals surface area contributed by atoms with Gasteiger partial charge in [-0.15, -0.1) is 0 Å². The van der Waals surface area contributed by atoms with Crippen LogP contribution in [0, 0.1) is 5.82 Å². The van der Waals surface area contributed by atoms with Gasteiger partial charge in [-0.3, -0.25) is 9.69 Å². The van der Waals surface area contributed by atoms with Crippen molar-refractivity contribution in [3.63, 3.8) is 0 Å². The number of rotatable bonds is 5. The summed E-state index contributed by atoms with van der Waals surface area (Å²) in [6, 6.07) is 36.1. The number of nitrogens with one attached hydrogen (secondary N) is 2. The van der Waals surface area contributed by atoms with Crippen LogP contribution in [-0.4, -0.2) is 43.5 Å². The predicted molar refractivity (Wildman–Crippen MR) is 167 cm³/mol. The average molecular weight is 546 g/mol. The maximum Gasteiger partial charge on any atom is 0.238 e. The van der Waals surface area contributed by atoms with Gasteiger partial charge in [-0.25, -0.2) is 4.39 Å². The van der Waals surface area contributed by atoms with Crippen molar-refractivity contribution in [3.05, 3.63) is 126 Å². The highest BCUT2D eigenvalue weighted by Crippen LogP contribution is 2.32. The number of hydrogen-bond acceptors (Lipinski definition) is 3. The second kappa shape index (κ2) is 12.6. The molecule has 7 rings (SSSR count). The fraction of sp³-hybridized carbons (Fsp3) is 0.250. The Morgan fingerprint density at radius 1 is 0.756 bits per heavy atom. The molecule has 0 saturated carbocycles. The Bertz CT molecular complexity index is 1620. The lowest BCUT2D eigenvalue weighted by molar-refractivity contribution is -0.117. The Labute approximate surface area is 241 Å². The van der Waals surface area contributed by atoms with E-state index in [2.05, 4.69) is 100 Å². The van der Waals surface area contributed by atoms with Gasteiger partial charge in [-0.2, -0.15) is 0 Å². The first-order valence-electron chi connectivity index (χ1n) is 14.6. The molecule has 0 aliphatic carbocycles. The molecule has 1 amide bonds. The van der Waals surface area contributed by atoms with Crippen LogP contribution in [0.15, 0.2) is 109 Å². The summed E-state index contributed by atoms with van der Waals surface area (Å²) in [5, 5.41) is 11.6. The first-order chi connectivity index (χ1) is 20.1. The minimum Gasteiger partial charge on any atom is -0.325 e. The molecule has 2 aliphatic heterocycles. The SMILES string of the molecule is O=C(CN1CCC(c2cccc3ccccc23)C1)Nc1ccc(F)cc1.c1ccc2c(C3CCNC3)cccc2c1. The van der Waals surface area contributed by atoms with Gasteiger partial charge in [-0.1, -0.05) is 84.9 Å². The van der Waals surface area contributed by atoms with Gasteiger partial charge in [0.25, 0.3) is 0 Å². The highest BCUT2D eigenvalue weighted by Gasteiger charge is 2.26. The van der Waals surface area contributed by atoms with Crippen molar-refractivity contribution in [2.45, 2.75) is 24.7 Å². The third-order valence-corrected chi connectivity index (χ3v) is 8.35. The second-order valence-corrected chi connectivity index (χ2v) is 11.1. The monoisotopic (exact) mass is 545 g/mol. The van der Waals surface area contributed by atoms with Gasteiger partial charge in [0, 0.05) is 18.8 Å². The molecule has 0 spiro atoms. The van der Waals surface area contributed by atoms with Gasteiger partial charge in [0.15, 0.2) is 0 Å². The summed E-state index contributed by atoms with van der Waals surface area (Å²) < 4.78 is 12.9. The molecular weight excluding hydrogens is 509 g/mol. The van der Waals surface area contributed by atoms with Crippen LogP contribution in [-0.2, 0) is 4.79 Å². The highest BCUT2D eigenvalue weighted by molar-refractivity contribution is 5.92. The van der Waals surface area contributed by atoms with E-state index in [1.807, 2.05) is 0 Å². The summed E-state index contributed by atoms with van der Waals surface area (Å²) >= 11 is 0. The van der Waals surface area contributed by atoms with E-state index in [-0.39, 0.29) is 11.7 Å². The molecule has 2 fully saturated rings. The standard InChI is InChI=1S/C22H21FN2O.C14H15N/c23-18-8-10-19(11-9-18)24-22(26)15-25-13-12-17(14-25)21-7-3-5-16-4-1-2-6-20(16)21;1-2-6-13-11(4-1)5-3-7-14(13)12-8-9-15-10-12/h1-11,17H,12-15H2,(H,24,26);1-7,12,15H,8-10H2. The van der Waals surface area contributed by atoms with E-state index in [0.29, 0.717) is 24.1 Å². The molecule has 208 valence electrons. The zero-order valence-electron chi connectivity index (χ0n) is 23.2. The Balaban J connectivity index is 0.000000170. The van der Waals surface area contributed by atoms with E-state index in [0.717, 1.165) is 32.6 Å². The van der Waals surface area contributed by atoms with E-state index in [9.17, 15) is 9.18 Å². The third-order valence-electron chi connectivity index (χ3n) is 8.35. The lowest BCUT2D eigenvalue weighted by Crippen LogP contribution is -2.31. The molecule has 5 aromatic rings.